The van der Waals surface area contributed by atoms with Crippen LogP contribution in [0.3, 0.4) is 0 Å². The molecular formula is C18H17F2N5O5. The molecule has 1 atom stereocenters. The van der Waals surface area contributed by atoms with Crippen LogP contribution in [0.4, 0.5) is 14.5 Å². The number of methoxy groups -OCH3 is 2. The van der Waals surface area contributed by atoms with Gasteiger partial charge in [-0.1, -0.05) is 0 Å². The van der Waals surface area contributed by atoms with Gasteiger partial charge in [-0.15, -0.1) is 0 Å². The maximum Gasteiger partial charge on any atom is 0.316 e. The summed E-state index contributed by atoms with van der Waals surface area (Å²) in [5.74, 6) is -2.11. The van der Waals surface area contributed by atoms with Crippen LogP contribution in [0.15, 0.2) is 12.3 Å². The van der Waals surface area contributed by atoms with Crippen molar-refractivity contribution in [1.82, 2.24) is 20.0 Å². The third-order valence-corrected chi connectivity index (χ3v) is 5.04. The van der Waals surface area contributed by atoms with Crippen LogP contribution in [0.1, 0.15) is 22.9 Å². The number of halogens is 2. The standard InChI is InChI=1S/C18H17F2N5O5/c1-24-18(10(6-21-24)25(26)27)17-8-7-30-11(4-9(8)22-23-17)14-15(19)12(28-2)5-13(29-3)16(14)20/h5-6,11H,4,7H2,1-3H3,(H,22,23). The highest BCUT2D eigenvalue weighted by Gasteiger charge is 2.34. The smallest absolute Gasteiger partial charge is 0.316 e. The molecule has 0 saturated heterocycles. The Morgan fingerprint density at radius 2 is 1.97 bits per heavy atom. The maximum absolute atomic E-state index is 14.8. The minimum Gasteiger partial charge on any atom is -0.494 e. The monoisotopic (exact) mass is 421 g/mol. The molecule has 4 rings (SSSR count). The van der Waals surface area contributed by atoms with Gasteiger partial charge in [-0.2, -0.15) is 10.2 Å². The van der Waals surface area contributed by atoms with Crippen LogP contribution >= 0.6 is 0 Å². The maximum atomic E-state index is 14.8. The largest absolute Gasteiger partial charge is 0.494 e. The number of fused-ring (bicyclic) bond motifs is 1. The highest BCUT2D eigenvalue weighted by atomic mass is 19.1. The number of ether oxygens (including phenoxy) is 3. The lowest BCUT2D eigenvalue weighted by Gasteiger charge is -2.25. The van der Waals surface area contributed by atoms with Crippen LogP contribution in [0, 0.1) is 21.7 Å². The fraction of sp³-hybridized carbons (Fsp3) is 0.333. The van der Waals surface area contributed by atoms with Crippen molar-refractivity contribution >= 4 is 5.69 Å². The summed E-state index contributed by atoms with van der Waals surface area (Å²) in [5.41, 5.74) is 1.10. The molecule has 30 heavy (non-hydrogen) atoms. The number of nitro groups is 1. The lowest BCUT2D eigenvalue weighted by Crippen LogP contribution is -2.19. The van der Waals surface area contributed by atoms with Crippen molar-refractivity contribution in [2.75, 3.05) is 14.2 Å². The second kappa shape index (κ2) is 7.37. The van der Waals surface area contributed by atoms with E-state index in [4.69, 9.17) is 14.2 Å². The van der Waals surface area contributed by atoms with Crippen molar-refractivity contribution < 1.29 is 27.9 Å². The summed E-state index contributed by atoms with van der Waals surface area (Å²) < 4.78 is 46.7. The Labute approximate surface area is 168 Å². The van der Waals surface area contributed by atoms with E-state index in [1.807, 2.05) is 0 Å². The summed E-state index contributed by atoms with van der Waals surface area (Å²) in [6, 6.07) is 1.12. The molecule has 0 spiro atoms. The summed E-state index contributed by atoms with van der Waals surface area (Å²) in [5, 5.41) is 22.2. The molecule has 0 radical (unpaired) electrons. The first-order chi connectivity index (χ1) is 14.4. The first-order valence-corrected chi connectivity index (χ1v) is 8.81. The molecule has 2 aromatic heterocycles. The molecule has 0 saturated carbocycles. The van der Waals surface area contributed by atoms with Crippen molar-refractivity contribution in [3.8, 4) is 22.9 Å². The number of hydrogen-bond acceptors (Lipinski definition) is 7. The number of hydrogen-bond donors (Lipinski definition) is 1. The molecule has 0 fully saturated rings. The Morgan fingerprint density at radius 1 is 1.30 bits per heavy atom. The van der Waals surface area contributed by atoms with Gasteiger partial charge in [-0.25, -0.2) is 8.78 Å². The normalized spacial score (nSPS) is 15.7. The van der Waals surface area contributed by atoms with E-state index in [1.165, 1.54) is 18.9 Å². The zero-order chi connectivity index (χ0) is 21.6. The minimum atomic E-state index is -0.976. The van der Waals surface area contributed by atoms with Crippen LogP contribution in [0.25, 0.3) is 11.4 Å². The van der Waals surface area contributed by atoms with Gasteiger partial charge in [0.1, 0.15) is 11.9 Å². The molecule has 0 amide bonds. The Balaban J connectivity index is 1.74. The van der Waals surface area contributed by atoms with Crippen LogP contribution in [-0.2, 0) is 24.8 Å². The fourth-order valence-corrected chi connectivity index (χ4v) is 3.56. The average molecular weight is 421 g/mol. The Hall–Kier alpha value is -3.54. The van der Waals surface area contributed by atoms with Gasteiger partial charge in [0.15, 0.2) is 28.8 Å². The Morgan fingerprint density at radius 3 is 2.57 bits per heavy atom. The van der Waals surface area contributed by atoms with E-state index in [0.717, 1.165) is 12.3 Å². The van der Waals surface area contributed by atoms with E-state index in [-0.39, 0.29) is 41.5 Å². The Kier molecular flexibility index (Phi) is 4.86. The number of rotatable bonds is 5. The quantitative estimate of drug-likeness (QED) is 0.497. The zero-order valence-electron chi connectivity index (χ0n) is 16.2. The minimum absolute atomic E-state index is 0.0629. The van der Waals surface area contributed by atoms with E-state index in [2.05, 4.69) is 15.3 Å². The van der Waals surface area contributed by atoms with Gasteiger partial charge in [0.25, 0.3) is 0 Å². The van der Waals surface area contributed by atoms with Crippen molar-refractivity contribution in [3.05, 3.63) is 50.8 Å². The summed E-state index contributed by atoms with van der Waals surface area (Å²) in [6.07, 6.45) is 0.227. The summed E-state index contributed by atoms with van der Waals surface area (Å²) in [7, 11) is 4.09. The lowest BCUT2D eigenvalue weighted by molar-refractivity contribution is -0.384. The first kappa shape index (κ1) is 19.8. The van der Waals surface area contributed by atoms with Gasteiger partial charge in [-0.3, -0.25) is 19.9 Å². The number of nitrogens with one attached hydrogen (secondary N) is 1. The number of aromatic amines is 1. The van der Waals surface area contributed by atoms with Gasteiger partial charge in [0, 0.05) is 30.8 Å². The third kappa shape index (κ3) is 2.96. The summed E-state index contributed by atoms with van der Waals surface area (Å²) in [4.78, 5) is 10.8. The molecule has 3 aromatic rings. The van der Waals surface area contributed by atoms with E-state index in [1.54, 1.807) is 7.05 Å². The second-order valence-electron chi connectivity index (χ2n) is 6.61. The van der Waals surface area contributed by atoms with Crippen molar-refractivity contribution in [1.29, 1.82) is 0 Å². The third-order valence-electron chi connectivity index (χ3n) is 5.04. The molecule has 3 heterocycles. The number of aryl methyl sites for hydroxylation is 1. The molecule has 1 aliphatic rings. The number of benzene rings is 1. The number of nitrogens with zero attached hydrogens (tertiary/aromatic N) is 4. The summed E-state index contributed by atoms with van der Waals surface area (Å²) >= 11 is 0. The second-order valence-corrected chi connectivity index (χ2v) is 6.61. The van der Waals surface area contributed by atoms with Crippen LogP contribution < -0.4 is 9.47 Å². The summed E-state index contributed by atoms with van der Waals surface area (Å²) in [6.45, 7) is -0.0629. The highest BCUT2D eigenvalue weighted by molar-refractivity contribution is 5.70. The van der Waals surface area contributed by atoms with Gasteiger partial charge in [0.05, 0.1) is 37.4 Å². The number of aromatic nitrogens is 4. The van der Waals surface area contributed by atoms with Crippen LogP contribution in [0.5, 0.6) is 11.5 Å². The molecule has 158 valence electrons. The SMILES string of the molecule is COc1cc(OC)c(F)c(C2Cc3[nH]nc(-c4c([N+](=O)[O-])cnn4C)c3CO2)c1F. The van der Waals surface area contributed by atoms with E-state index in [0.29, 0.717) is 17.0 Å². The van der Waals surface area contributed by atoms with E-state index in [9.17, 15) is 18.9 Å². The van der Waals surface area contributed by atoms with E-state index >= 15 is 0 Å². The highest BCUT2D eigenvalue weighted by Crippen LogP contribution is 2.41. The molecule has 10 nitrogen and oxygen atoms in total. The topological polar surface area (TPSA) is 117 Å². The zero-order valence-corrected chi connectivity index (χ0v) is 16.2. The fourth-order valence-electron chi connectivity index (χ4n) is 3.56. The molecule has 1 N–H and O–H groups in total. The molecule has 1 unspecified atom stereocenters. The van der Waals surface area contributed by atoms with Crippen LogP contribution in [0.2, 0.25) is 0 Å². The molecular weight excluding hydrogens is 404 g/mol. The molecule has 0 aliphatic carbocycles. The van der Waals surface area contributed by atoms with Crippen molar-refractivity contribution in [3.63, 3.8) is 0 Å². The van der Waals surface area contributed by atoms with Gasteiger partial charge in [0.2, 0.25) is 0 Å². The molecule has 0 bridgehead atoms. The average Bonchev–Trinajstić information content (AvgIpc) is 3.31. The molecule has 1 aromatic carbocycles. The predicted molar refractivity (Wildman–Crippen MR) is 98.1 cm³/mol. The lowest BCUT2D eigenvalue weighted by atomic mass is 9.97. The van der Waals surface area contributed by atoms with Crippen LogP contribution in [-0.4, -0.2) is 39.1 Å². The van der Waals surface area contributed by atoms with Gasteiger partial charge in [-0.05, 0) is 0 Å². The van der Waals surface area contributed by atoms with Gasteiger partial charge < -0.3 is 14.2 Å². The van der Waals surface area contributed by atoms with Gasteiger partial charge >= 0.3 is 5.69 Å². The number of H-pyrrole nitrogens is 1. The van der Waals surface area contributed by atoms with Crippen molar-refractivity contribution in [2.45, 2.75) is 19.1 Å². The van der Waals surface area contributed by atoms with E-state index < -0.39 is 22.7 Å². The van der Waals surface area contributed by atoms with Crippen molar-refractivity contribution in [2.24, 2.45) is 7.05 Å². The molecule has 12 heteroatoms. The Bertz CT molecular complexity index is 1110. The predicted octanol–water partition coefficient (Wildman–Crippen LogP) is 2.83. The first-order valence-electron chi connectivity index (χ1n) is 8.81. The molecule has 1 aliphatic heterocycles.